The van der Waals surface area contributed by atoms with Crippen LogP contribution in [-0.4, -0.2) is 33.2 Å². The Kier molecular flexibility index (Phi) is 4.07. The lowest BCUT2D eigenvalue weighted by molar-refractivity contribution is -0.119. The fourth-order valence-corrected chi connectivity index (χ4v) is 2.57. The van der Waals surface area contributed by atoms with Crippen LogP contribution < -0.4 is 0 Å². The monoisotopic (exact) mass is 252 g/mol. The molecule has 2 rings (SSSR count). The van der Waals surface area contributed by atoms with E-state index in [1.807, 2.05) is 19.4 Å². The van der Waals surface area contributed by atoms with Gasteiger partial charge in [-0.15, -0.1) is 0 Å². The Hall–Kier alpha value is -0.870. The van der Waals surface area contributed by atoms with Crippen LogP contribution in [0.15, 0.2) is 12.4 Å². The summed E-state index contributed by atoms with van der Waals surface area (Å²) in [5.74, 6) is 0.468. The van der Waals surface area contributed by atoms with Crippen LogP contribution in [0, 0.1) is 5.92 Å². The molecule has 4 nitrogen and oxygen atoms in total. The number of rotatable bonds is 4. The Morgan fingerprint density at radius 1 is 1.61 bits per heavy atom. The Morgan fingerprint density at radius 2 is 2.39 bits per heavy atom. The van der Waals surface area contributed by atoms with Gasteiger partial charge in [-0.25, -0.2) is 0 Å². The first-order valence-corrected chi connectivity index (χ1v) is 6.80. The molecule has 2 atom stereocenters. The maximum atomic E-state index is 10.7. The van der Waals surface area contributed by atoms with E-state index in [9.17, 15) is 5.11 Å². The largest absolute Gasteiger partial charge is 0.390 e. The quantitative estimate of drug-likeness (QED) is 0.890. The van der Waals surface area contributed by atoms with Crippen LogP contribution in [0.4, 0.5) is 0 Å². The van der Waals surface area contributed by atoms with Gasteiger partial charge in [-0.1, -0.05) is 13.8 Å². The van der Waals surface area contributed by atoms with Gasteiger partial charge in [0, 0.05) is 26.3 Å². The third-order valence-corrected chi connectivity index (χ3v) is 3.86. The highest BCUT2D eigenvalue weighted by molar-refractivity contribution is 5.05. The second-order valence-electron chi connectivity index (χ2n) is 5.85. The molecule has 0 saturated carbocycles. The van der Waals surface area contributed by atoms with E-state index in [1.54, 1.807) is 4.68 Å². The summed E-state index contributed by atoms with van der Waals surface area (Å²) < 4.78 is 7.52. The third-order valence-electron chi connectivity index (χ3n) is 3.86. The summed E-state index contributed by atoms with van der Waals surface area (Å²) in [6.07, 6.45) is 7.27. The van der Waals surface area contributed by atoms with Crippen LogP contribution in [0.1, 0.15) is 38.7 Å². The number of aryl methyl sites for hydroxylation is 2. The van der Waals surface area contributed by atoms with Crippen molar-refractivity contribution in [2.45, 2.75) is 51.2 Å². The zero-order valence-corrected chi connectivity index (χ0v) is 11.6. The van der Waals surface area contributed by atoms with Crippen molar-refractivity contribution in [3.63, 3.8) is 0 Å². The van der Waals surface area contributed by atoms with Gasteiger partial charge in [-0.3, -0.25) is 4.68 Å². The summed E-state index contributed by atoms with van der Waals surface area (Å²) in [6, 6.07) is 0. The first-order valence-electron chi connectivity index (χ1n) is 6.80. The van der Waals surface area contributed by atoms with Gasteiger partial charge >= 0.3 is 0 Å². The number of aromatic nitrogens is 2. The zero-order valence-electron chi connectivity index (χ0n) is 11.6. The average Bonchev–Trinajstić information content (AvgIpc) is 2.73. The number of hydrogen-bond donors (Lipinski definition) is 1. The summed E-state index contributed by atoms with van der Waals surface area (Å²) in [4.78, 5) is 0. The number of aliphatic hydroxyl groups is 1. The van der Waals surface area contributed by atoms with Crippen LogP contribution in [0.2, 0.25) is 0 Å². The topological polar surface area (TPSA) is 47.3 Å². The van der Waals surface area contributed by atoms with Gasteiger partial charge < -0.3 is 9.84 Å². The summed E-state index contributed by atoms with van der Waals surface area (Å²) in [6.45, 7) is 4.97. The van der Waals surface area contributed by atoms with Crippen molar-refractivity contribution in [3.05, 3.63) is 18.0 Å². The third kappa shape index (κ3) is 3.33. The summed E-state index contributed by atoms with van der Waals surface area (Å²) >= 11 is 0. The number of ether oxygens (including phenoxy) is 1. The Bertz CT molecular complexity index is 389. The molecular weight excluding hydrogens is 228 g/mol. The Morgan fingerprint density at radius 3 is 3.00 bits per heavy atom. The van der Waals surface area contributed by atoms with E-state index < -0.39 is 5.60 Å². The molecule has 1 saturated heterocycles. The van der Waals surface area contributed by atoms with Crippen LogP contribution in [0.3, 0.4) is 0 Å². The molecule has 1 aliphatic heterocycles. The molecule has 102 valence electrons. The lowest BCUT2D eigenvalue weighted by Gasteiger charge is -2.38. The van der Waals surface area contributed by atoms with Crippen LogP contribution in [0.5, 0.6) is 0 Å². The molecule has 1 aliphatic rings. The highest BCUT2D eigenvalue weighted by Gasteiger charge is 2.35. The highest BCUT2D eigenvalue weighted by Crippen LogP contribution is 2.32. The van der Waals surface area contributed by atoms with E-state index in [0.29, 0.717) is 12.5 Å². The van der Waals surface area contributed by atoms with Crippen molar-refractivity contribution in [3.8, 4) is 0 Å². The predicted molar refractivity (Wildman–Crippen MR) is 70.3 cm³/mol. The minimum atomic E-state index is -0.566. The minimum absolute atomic E-state index is 0.192. The molecule has 1 aromatic heterocycles. The maximum Gasteiger partial charge on any atom is 0.0697 e. The fraction of sp³-hybridized carbons (Fsp3) is 0.786. The summed E-state index contributed by atoms with van der Waals surface area (Å²) in [7, 11) is 1.92. The van der Waals surface area contributed by atoms with Crippen LogP contribution in [0.25, 0.3) is 0 Å². The van der Waals surface area contributed by atoms with E-state index in [0.717, 1.165) is 25.7 Å². The van der Waals surface area contributed by atoms with Crippen molar-refractivity contribution >= 4 is 0 Å². The molecule has 18 heavy (non-hydrogen) atoms. The normalized spacial score (nSPS) is 28.8. The molecule has 2 heterocycles. The molecule has 4 heteroatoms. The van der Waals surface area contributed by atoms with Crippen LogP contribution in [-0.2, 0) is 18.2 Å². The van der Waals surface area contributed by atoms with E-state index in [4.69, 9.17) is 4.74 Å². The molecule has 0 aromatic carbocycles. The highest BCUT2D eigenvalue weighted by atomic mass is 16.5. The molecule has 1 N–H and O–H groups in total. The van der Waals surface area contributed by atoms with E-state index >= 15 is 0 Å². The molecule has 1 fully saturated rings. The second kappa shape index (κ2) is 5.41. The van der Waals surface area contributed by atoms with Gasteiger partial charge in [0.15, 0.2) is 0 Å². The Labute approximate surface area is 109 Å². The SMILES string of the molecule is CC(C)C1CC(O)(CCc2cnn(C)c2)CCO1. The maximum absolute atomic E-state index is 10.7. The molecule has 0 spiro atoms. The van der Waals surface area contributed by atoms with E-state index in [2.05, 4.69) is 18.9 Å². The second-order valence-corrected chi connectivity index (χ2v) is 5.85. The van der Waals surface area contributed by atoms with Crippen molar-refractivity contribution in [2.24, 2.45) is 13.0 Å². The van der Waals surface area contributed by atoms with E-state index in [-0.39, 0.29) is 6.10 Å². The van der Waals surface area contributed by atoms with E-state index in [1.165, 1.54) is 5.56 Å². The molecular formula is C14H24N2O2. The van der Waals surface area contributed by atoms with Gasteiger partial charge in [-0.2, -0.15) is 5.10 Å². The van der Waals surface area contributed by atoms with Crippen LogP contribution >= 0.6 is 0 Å². The zero-order chi connectivity index (χ0) is 13.2. The lowest BCUT2D eigenvalue weighted by Crippen LogP contribution is -2.43. The lowest BCUT2D eigenvalue weighted by atomic mass is 9.82. The van der Waals surface area contributed by atoms with Crippen molar-refractivity contribution in [1.29, 1.82) is 0 Å². The van der Waals surface area contributed by atoms with Gasteiger partial charge in [0.25, 0.3) is 0 Å². The minimum Gasteiger partial charge on any atom is -0.390 e. The van der Waals surface area contributed by atoms with Crippen molar-refractivity contribution in [2.75, 3.05) is 6.61 Å². The predicted octanol–water partition coefficient (Wildman–Crippen LogP) is 1.92. The Balaban J connectivity index is 1.90. The average molecular weight is 252 g/mol. The molecule has 0 aliphatic carbocycles. The smallest absolute Gasteiger partial charge is 0.0697 e. The van der Waals surface area contributed by atoms with Gasteiger partial charge in [-0.05, 0) is 30.7 Å². The molecule has 0 amide bonds. The van der Waals surface area contributed by atoms with Gasteiger partial charge in [0.1, 0.15) is 0 Å². The molecule has 0 radical (unpaired) electrons. The number of hydrogen-bond acceptors (Lipinski definition) is 3. The molecule has 0 bridgehead atoms. The first kappa shape index (κ1) is 13.6. The van der Waals surface area contributed by atoms with Gasteiger partial charge in [0.2, 0.25) is 0 Å². The standard InChI is InChI=1S/C14H24N2O2/c1-11(2)13-8-14(17,6-7-18-13)5-4-12-9-15-16(3)10-12/h9-11,13,17H,4-8H2,1-3H3. The van der Waals surface area contributed by atoms with Crippen molar-refractivity contribution < 1.29 is 9.84 Å². The number of nitrogens with zero attached hydrogens (tertiary/aromatic N) is 2. The summed E-state index contributed by atoms with van der Waals surface area (Å²) in [5.41, 5.74) is 0.627. The van der Waals surface area contributed by atoms with Crippen molar-refractivity contribution in [1.82, 2.24) is 9.78 Å². The summed E-state index contributed by atoms with van der Waals surface area (Å²) in [5, 5.41) is 14.8. The molecule has 2 unspecified atom stereocenters. The molecule has 1 aromatic rings. The first-order chi connectivity index (χ1) is 8.48. The van der Waals surface area contributed by atoms with Gasteiger partial charge in [0.05, 0.1) is 17.9 Å². The fourth-order valence-electron chi connectivity index (χ4n) is 2.57.